The largest absolute Gasteiger partial charge is 0.543 e. The second kappa shape index (κ2) is 7.23. The van der Waals surface area contributed by atoms with Crippen molar-refractivity contribution in [2.24, 2.45) is 0 Å². The van der Waals surface area contributed by atoms with Gasteiger partial charge >= 0.3 is 0 Å². The first-order chi connectivity index (χ1) is 12.6. The SMILES string of the molecule is COc1ccc(C2CCc3cc(O[Si](C)(C)C(C)(C)C)ccc3C2)c(N)c1. The quantitative estimate of drug-likeness (QED) is 0.525. The van der Waals surface area contributed by atoms with Crippen LogP contribution in [0.2, 0.25) is 18.1 Å². The predicted octanol–water partition coefficient (Wildman–Crippen LogP) is 5.93. The zero-order valence-corrected chi connectivity index (χ0v) is 18.6. The van der Waals surface area contributed by atoms with E-state index in [1.165, 1.54) is 16.7 Å². The van der Waals surface area contributed by atoms with Crippen molar-refractivity contribution in [2.45, 2.75) is 64.1 Å². The van der Waals surface area contributed by atoms with Crippen LogP contribution in [-0.4, -0.2) is 15.4 Å². The van der Waals surface area contributed by atoms with Crippen molar-refractivity contribution < 1.29 is 9.16 Å². The number of hydrogen-bond donors (Lipinski definition) is 1. The lowest BCUT2D eigenvalue weighted by Crippen LogP contribution is -2.43. The number of fused-ring (bicyclic) bond motifs is 1. The number of hydrogen-bond acceptors (Lipinski definition) is 3. The molecule has 1 aliphatic carbocycles. The first-order valence-corrected chi connectivity index (χ1v) is 12.8. The Hall–Kier alpha value is -1.94. The molecule has 0 fully saturated rings. The Balaban J connectivity index is 1.78. The van der Waals surface area contributed by atoms with E-state index in [0.717, 1.165) is 36.4 Å². The molecule has 1 unspecified atom stereocenters. The van der Waals surface area contributed by atoms with Crippen LogP contribution in [0.4, 0.5) is 5.69 Å². The molecule has 0 heterocycles. The Morgan fingerprint density at radius 1 is 1.00 bits per heavy atom. The van der Waals surface area contributed by atoms with Crippen LogP contribution >= 0.6 is 0 Å². The third-order valence-electron chi connectivity index (χ3n) is 6.32. The summed E-state index contributed by atoms with van der Waals surface area (Å²) >= 11 is 0. The number of anilines is 1. The fourth-order valence-electron chi connectivity index (χ4n) is 3.56. The molecule has 1 aliphatic rings. The monoisotopic (exact) mass is 383 g/mol. The minimum Gasteiger partial charge on any atom is -0.543 e. The normalized spacial score (nSPS) is 17.3. The van der Waals surface area contributed by atoms with E-state index in [2.05, 4.69) is 58.1 Å². The summed E-state index contributed by atoms with van der Waals surface area (Å²) in [5.74, 6) is 2.32. The molecular weight excluding hydrogens is 350 g/mol. The Kier molecular flexibility index (Phi) is 5.30. The molecule has 0 aromatic heterocycles. The highest BCUT2D eigenvalue weighted by atomic mass is 28.4. The number of nitrogens with two attached hydrogens (primary N) is 1. The highest BCUT2D eigenvalue weighted by Crippen LogP contribution is 2.40. The van der Waals surface area contributed by atoms with E-state index >= 15 is 0 Å². The summed E-state index contributed by atoms with van der Waals surface area (Å²) in [4.78, 5) is 0. The van der Waals surface area contributed by atoms with Gasteiger partial charge in [0.15, 0.2) is 0 Å². The van der Waals surface area contributed by atoms with E-state index in [1.54, 1.807) is 7.11 Å². The Labute approximate surface area is 165 Å². The number of rotatable bonds is 4. The van der Waals surface area contributed by atoms with Crippen LogP contribution in [0.3, 0.4) is 0 Å². The van der Waals surface area contributed by atoms with Gasteiger partial charge in [-0.05, 0) is 78.2 Å². The van der Waals surface area contributed by atoms with Gasteiger partial charge in [-0.3, -0.25) is 0 Å². The Morgan fingerprint density at radius 3 is 2.33 bits per heavy atom. The average Bonchev–Trinajstić information content (AvgIpc) is 2.60. The van der Waals surface area contributed by atoms with Crippen molar-refractivity contribution in [3.63, 3.8) is 0 Å². The van der Waals surface area contributed by atoms with Gasteiger partial charge in [-0.25, -0.2) is 0 Å². The molecule has 2 N–H and O–H groups in total. The minimum absolute atomic E-state index is 0.208. The molecule has 2 aromatic carbocycles. The lowest BCUT2D eigenvalue weighted by atomic mass is 9.79. The first kappa shape index (κ1) is 19.8. The molecule has 0 aliphatic heterocycles. The van der Waals surface area contributed by atoms with Gasteiger partial charge in [0.25, 0.3) is 0 Å². The molecule has 3 rings (SSSR count). The fraction of sp³-hybridized carbons (Fsp3) is 0.478. The van der Waals surface area contributed by atoms with Gasteiger partial charge in [0.1, 0.15) is 11.5 Å². The number of nitrogen functional groups attached to an aromatic ring is 1. The van der Waals surface area contributed by atoms with E-state index < -0.39 is 8.32 Å². The maximum atomic E-state index is 6.49. The van der Waals surface area contributed by atoms with Crippen LogP contribution in [0.1, 0.15) is 49.8 Å². The van der Waals surface area contributed by atoms with Crippen molar-refractivity contribution in [3.8, 4) is 11.5 Å². The molecule has 146 valence electrons. The van der Waals surface area contributed by atoms with Gasteiger partial charge in [0, 0.05) is 11.8 Å². The lowest BCUT2D eigenvalue weighted by Gasteiger charge is -2.37. The molecule has 3 nitrogen and oxygen atoms in total. The number of aryl methyl sites for hydroxylation is 1. The van der Waals surface area contributed by atoms with E-state index in [4.69, 9.17) is 14.9 Å². The molecule has 0 amide bonds. The smallest absolute Gasteiger partial charge is 0.250 e. The third kappa shape index (κ3) is 4.16. The van der Waals surface area contributed by atoms with E-state index in [9.17, 15) is 0 Å². The number of methoxy groups -OCH3 is 1. The van der Waals surface area contributed by atoms with E-state index in [0.29, 0.717) is 5.92 Å². The van der Waals surface area contributed by atoms with Crippen LogP contribution in [-0.2, 0) is 12.8 Å². The summed E-state index contributed by atoms with van der Waals surface area (Å²) in [6, 6.07) is 12.7. The topological polar surface area (TPSA) is 44.5 Å². The van der Waals surface area contributed by atoms with Crippen LogP contribution < -0.4 is 14.9 Å². The maximum absolute atomic E-state index is 6.49. The molecule has 1 atom stereocenters. The van der Waals surface area contributed by atoms with Gasteiger partial charge in [-0.1, -0.05) is 32.9 Å². The fourth-order valence-corrected chi connectivity index (χ4v) is 4.58. The molecule has 0 radical (unpaired) electrons. The first-order valence-electron chi connectivity index (χ1n) is 9.85. The predicted molar refractivity (Wildman–Crippen MR) is 116 cm³/mol. The molecule has 0 spiro atoms. The van der Waals surface area contributed by atoms with Crippen molar-refractivity contribution in [2.75, 3.05) is 12.8 Å². The minimum atomic E-state index is -1.80. The van der Waals surface area contributed by atoms with Crippen LogP contribution in [0.5, 0.6) is 11.5 Å². The Bertz CT molecular complexity index is 824. The second-order valence-corrected chi connectivity index (χ2v) is 14.0. The van der Waals surface area contributed by atoms with Crippen molar-refractivity contribution >= 4 is 14.0 Å². The molecule has 2 aromatic rings. The highest BCUT2D eigenvalue weighted by Gasteiger charge is 2.39. The molecule has 0 saturated heterocycles. The van der Waals surface area contributed by atoms with Crippen LogP contribution in [0.25, 0.3) is 0 Å². The average molecular weight is 384 g/mol. The van der Waals surface area contributed by atoms with Crippen molar-refractivity contribution in [3.05, 3.63) is 53.1 Å². The summed E-state index contributed by atoms with van der Waals surface area (Å²) < 4.78 is 11.8. The van der Waals surface area contributed by atoms with Gasteiger partial charge in [0.05, 0.1) is 7.11 Å². The maximum Gasteiger partial charge on any atom is 0.250 e. The van der Waals surface area contributed by atoms with E-state index in [1.807, 2.05) is 12.1 Å². The highest BCUT2D eigenvalue weighted by molar-refractivity contribution is 6.74. The standard InChI is InChI=1S/C23H33NO2Si/c1-23(2,3)27(5,6)26-20-10-9-16-13-18(8-7-17(16)14-20)21-12-11-19(25-4)15-22(21)24/h9-12,14-15,18H,7-8,13,24H2,1-6H3. The van der Waals surface area contributed by atoms with Gasteiger partial charge in [0.2, 0.25) is 8.32 Å². The van der Waals surface area contributed by atoms with E-state index in [-0.39, 0.29) is 5.04 Å². The summed E-state index contributed by atoms with van der Waals surface area (Å²) in [7, 11) is -0.127. The second-order valence-electron chi connectivity index (χ2n) is 9.23. The molecule has 4 heteroatoms. The molecular formula is C23H33NO2Si. The van der Waals surface area contributed by atoms with Crippen LogP contribution in [0, 0.1) is 0 Å². The molecule has 0 saturated carbocycles. The van der Waals surface area contributed by atoms with Gasteiger partial charge in [-0.15, -0.1) is 0 Å². The van der Waals surface area contributed by atoms with Crippen LogP contribution in [0.15, 0.2) is 36.4 Å². The number of benzene rings is 2. The summed E-state index contributed by atoms with van der Waals surface area (Å²) in [6.07, 6.45) is 3.22. The number of ether oxygens (including phenoxy) is 1. The van der Waals surface area contributed by atoms with Crippen molar-refractivity contribution in [1.29, 1.82) is 0 Å². The molecule has 0 bridgehead atoms. The third-order valence-corrected chi connectivity index (χ3v) is 10.7. The Morgan fingerprint density at radius 2 is 1.70 bits per heavy atom. The van der Waals surface area contributed by atoms with Gasteiger partial charge < -0.3 is 14.9 Å². The summed E-state index contributed by atoms with van der Waals surface area (Å²) in [5, 5.41) is 0.208. The zero-order chi connectivity index (χ0) is 19.8. The summed E-state index contributed by atoms with van der Waals surface area (Å²) in [6.45, 7) is 11.4. The van der Waals surface area contributed by atoms with Crippen molar-refractivity contribution in [1.82, 2.24) is 0 Å². The lowest BCUT2D eigenvalue weighted by molar-refractivity contribution is 0.414. The zero-order valence-electron chi connectivity index (χ0n) is 17.6. The van der Waals surface area contributed by atoms with Gasteiger partial charge in [-0.2, -0.15) is 0 Å². The molecule has 27 heavy (non-hydrogen) atoms. The summed E-state index contributed by atoms with van der Waals surface area (Å²) in [5.41, 5.74) is 11.2.